The number of H-pyrrole nitrogens is 1. The lowest BCUT2D eigenvalue weighted by molar-refractivity contribution is 0.293. The first kappa shape index (κ1) is 19.5. The maximum atomic E-state index is 13.0. The van der Waals surface area contributed by atoms with Crippen LogP contribution in [-0.2, 0) is 0 Å². The molecule has 5 heteroatoms. The molecule has 2 heterocycles. The first-order chi connectivity index (χ1) is 13.9. The standard InChI is InChI=1S/C24H24ClN3O/c1-5-15(3)28-22(17-8-6-14(2)7-9-17)13-21(27-28)23-16(4)19-11-10-18(25)12-20(19)26-24(23)29/h6-12,22H,3,5,13H2,1-2,4H3,(H,26,29). The molecule has 0 saturated heterocycles. The Bertz CT molecular complexity index is 1190. The molecule has 29 heavy (non-hydrogen) atoms. The van der Waals surface area contributed by atoms with Crippen molar-refractivity contribution in [1.29, 1.82) is 0 Å². The van der Waals surface area contributed by atoms with Gasteiger partial charge in [0.15, 0.2) is 0 Å². The Balaban J connectivity index is 1.82. The zero-order chi connectivity index (χ0) is 20.7. The highest BCUT2D eigenvalue weighted by Gasteiger charge is 2.32. The smallest absolute Gasteiger partial charge is 0.257 e. The molecule has 0 saturated carbocycles. The quantitative estimate of drug-likeness (QED) is 0.589. The van der Waals surface area contributed by atoms with E-state index in [1.54, 1.807) is 6.07 Å². The summed E-state index contributed by atoms with van der Waals surface area (Å²) in [5, 5.41) is 8.42. The molecule has 1 aliphatic heterocycles. The topological polar surface area (TPSA) is 48.5 Å². The highest BCUT2D eigenvalue weighted by Crippen LogP contribution is 2.36. The van der Waals surface area contributed by atoms with Gasteiger partial charge in [0.1, 0.15) is 0 Å². The van der Waals surface area contributed by atoms with Crippen LogP contribution in [0.4, 0.5) is 0 Å². The van der Waals surface area contributed by atoms with Crippen LogP contribution in [0.25, 0.3) is 10.9 Å². The van der Waals surface area contributed by atoms with E-state index in [2.05, 4.69) is 49.7 Å². The molecule has 0 radical (unpaired) electrons. The van der Waals surface area contributed by atoms with E-state index in [1.165, 1.54) is 11.1 Å². The second kappa shape index (κ2) is 7.53. The number of halogens is 1. The number of hydrazone groups is 1. The second-order valence-corrected chi connectivity index (χ2v) is 8.02. The highest BCUT2D eigenvalue weighted by molar-refractivity contribution is 6.31. The highest BCUT2D eigenvalue weighted by atomic mass is 35.5. The molecule has 3 aromatic rings. The van der Waals surface area contributed by atoms with Gasteiger partial charge in [0.2, 0.25) is 0 Å². The number of benzene rings is 2. The fraction of sp³-hybridized carbons (Fsp3) is 0.250. The van der Waals surface area contributed by atoms with Gasteiger partial charge in [-0.05, 0) is 43.5 Å². The van der Waals surface area contributed by atoms with Gasteiger partial charge in [-0.15, -0.1) is 0 Å². The SMILES string of the molecule is C=C(CC)N1N=C(c2c(C)c3ccc(Cl)cc3[nH]c2=O)CC1c1ccc(C)cc1. The van der Waals surface area contributed by atoms with E-state index >= 15 is 0 Å². The van der Waals surface area contributed by atoms with Gasteiger partial charge in [0.05, 0.1) is 22.8 Å². The number of nitrogens with zero attached hydrogens (tertiary/aromatic N) is 2. The second-order valence-electron chi connectivity index (χ2n) is 7.59. The predicted octanol–water partition coefficient (Wildman–Crippen LogP) is 5.87. The maximum Gasteiger partial charge on any atom is 0.257 e. The summed E-state index contributed by atoms with van der Waals surface area (Å²) >= 11 is 6.10. The molecule has 4 nitrogen and oxygen atoms in total. The Morgan fingerprint density at radius 2 is 1.97 bits per heavy atom. The first-order valence-electron chi connectivity index (χ1n) is 9.82. The molecule has 4 rings (SSSR count). The molecule has 0 amide bonds. The molecule has 2 aromatic carbocycles. The average molecular weight is 406 g/mol. The number of nitrogens with one attached hydrogen (secondary N) is 1. The molecular weight excluding hydrogens is 382 g/mol. The summed E-state index contributed by atoms with van der Waals surface area (Å²) < 4.78 is 0. The summed E-state index contributed by atoms with van der Waals surface area (Å²) in [5.41, 5.74) is 6.29. The lowest BCUT2D eigenvalue weighted by Crippen LogP contribution is -2.20. The predicted molar refractivity (Wildman–Crippen MR) is 121 cm³/mol. The Hall–Kier alpha value is -2.85. The molecule has 1 N–H and O–H groups in total. The minimum Gasteiger partial charge on any atom is -0.321 e. The van der Waals surface area contributed by atoms with Crippen molar-refractivity contribution in [2.24, 2.45) is 5.10 Å². The molecule has 1 unspecified atom stereocenters. The van der Waals surface area contributed by atoms with Gasteiger partial charge >= 0.3 is 0 Å². The molecule has 0 fully saturated rings. The zero-order valence-corrected chi connectivity index (χ0v) is 17.7. The fourth-order valence-corrected chi connectivity index (χ4v) is 4.12. The van der Waals surface area contributed by atoms with Crippen LogP contribution in [-0.4, -0.2) is 15.7 Å². The summed E-state index contributed by atoms with van der Waals surface area (Å²) in [6.45, 7) is 10.3. The van der Waals surface area contributed by atoms with Crippen LogP contribution in [0.15, 0.2) is 64.6 Å². The van der Waals surface area contributed by atoms with Crippen LogP contribution >= 0.6 is 11.6 Å². The lowest BCUT2D eigenvalue weighted by Gasteiger charge is -2.25. The number of allylic oxidation sites excluding steroid dienone is 1. The van der Waals surface area contributed by atoms with Crippen molar-refractivity contribution >= 4 is 28.2 Å². The van der Waals surface area contributed by atoms with Crippen LogP contribution in [0, 0.1) is 13.8 Å². The number of aromatic nitrogens is 1. The molecule has 1 aromatic heterocycles. The van der Waals surface area contributed by atoms with E-state index in [9.17, 15) is 4.79 Å². The number of pyridine rings is 1. The van der Waals surface area contributed by atoms with Gasteiger partial charge in [0.25, 0.3) is 5.56 Å². The number of hydrogen-bond acceptors (Lipinski definition) is 3. The van der Waals surface area contributed by atoms with E-state index in [4.69, 9.17) is 16.7 Å². The summed E-state index contributed by atoms with van der Waals surface area (Å²) in [4.78, 5) is 15.9. The number of aryl methyl sites for hydroxylation is 2. The average Bonchev–Trinajstić information content (AvgIpc) is 3.12. The van der Waals surface area contributed by atoms with Gasteiger partial charge in [-0.25, -0.2) is 0 Å². The molecule has 148 valence electrons. The van der Waals surface area contributed by atoms with Crippen molar-refractivity contribution in [3.63, 3.8) is 0 Å². The molecule has 0 spiro atoms. The lowest BCUT2D eigenvalue weighted by atomic mass is 9.95. The number of aromatic amines is 1. The Morgan fingerprint density at radius 3 is 2.66 bits per heavy atom. The first-order valence-corrected chi connectivity index (χ1v) is 10.2. The van der Waals surface area contributed by atoms with E-state index in [-0.39, 0.29) is 11.6 Å². The van der Waals surface area contributed by atoms with Crippen LogP contribution in [0.3, 0.4) is 0 Å². The summed E-state index contributed by atoms with van der Waals surface area (Å²) in [6.07, 6.45) is 1.45. The van der Waals surface area contributed by atoms with Gasteiger partial charge in [-0.3, -0.25) is 9.80 Å². The minimum atomic E-state index is -0.136. The van der Waals surface area contributed by atoms with E-state index < -0.39 is 0 Å². The van der Waals surface area contributed by atoms with Crippen molar-refractivity contribution in [3.05, 3.63) is 92.4 Å². The van der Waals surface area contributed by atoms with Gasteiger partial charge < -0.3 is 4.98 Å². The largest absolute Gasteiger partial charge is 0.321 e. The van der Waals surface area contributed by atoms with Gasteiger partial charge in [-0.2, -0.15) is 5.10 Å². The molecule has 0 bridgehead atoms. The third-order valence-electron chi connectivity index (χ3n) is 5.63. The number of fused-ring (bicyclic) bond motifs is 1. The number of rotatable bonds is 4. The monoisotopic (exact) mass is 405 g/mol. The zero-order valence-electron chi connectivity index (χ0n) is 16.9. The van der Waals surface area contributed by atoms with Crippen LogP contribution in [0.2, 0.25) is 5.02 Å². The van der Waals surface area contributed by atoms with E-state index in [1.807, 2.05) is 24.1 Å². The Kier molecular flexibility index (Phi) is 5.05. The van der Waals surface area contributed by atoms with Crippen LogP contribution in [0.5, 0.6) is 0 Å². The summed E-state index contributed by atoms with van der Waals surface area (Å²) in [6, 6.07) is 14.1. The third-order valence-corrected chi connectivity index (χ3v) is 5.86. The molecule has 1 atom stereocenters. The van der Waals surface area contributed by atoms with E-state index in [0.717, 1.165) is 34.3 Å². The Labute approximate surface area is 175 Å². The maximum absolute atomic E-state index is 13.0. The van der Waals surface area contributed by atoms with Crippen molar-refractivity contribution in [3.8, 4) is 0 Å². The van der Waals surface area contributed by atoms with Crippen LogP contribution < -0.4 is 5.56 Å². The van der Waals surface area contributed by atoms with Gasteiger partial charge in [-0.1, -0.05) is 61.0 Å². The van der Waals surface area contributed by atoms with Crippen molar-refractivity contribution in [1.82, 2.24) is 9.99 Å². The molecule has 0 aliphatic carbocycles. The summed E-state index contributed by atoms with van der Waals surface area (Å²) in [7, 11) is 0. The Morgan fingerprint density at radius 1 is 1.24 bits per heavy atom. The normalized spacial score (nSPS) is 16.3. The summed E-state index contributed by atoms with van der Waals surface area (Å²) in [5.74, 6) is 0. The van der Waals surface area contributed by atoms with Gasteiger partial charge in [0, 0.05) is 22.5 Å². The molecular formula is C24H24ClN3O. The van der Waals surface area contributed by atoms with E-state index in [0.29, 0.717) is 17.0 Å². The number of hydrogen-bond donors (Lipinski definition) is 1. The van der Waals surface area contributed by atoms with Crippen molar-refractivity contribution in [2.45, 2.75) is 39.7 Å². The van der Waals surface area contributed by atoms with Crippen LogP contribution in [0.1, 0.15) is 48.1 Å². The van der Waals surface area contributed by atoms with Crippen molar-refractivity contribution < 1.29 is 0 Å². The van der Waals surface area contributed by atoms with Crippen molar-refractivity contribution in [2.75, 3.05) is 0 Å². The third kappa shape index (κ3) is 3.49. The minimum absolute atomic E-state index is 0.0396. The fourth-order valence-electron chi connectivity index (χ4n) is 3.95. The molecule has 1 aliphatic rings.